The van der Waals surface area contributed by atoms with E-state index >= 15 is 0 Å². The molecule has 1 heterocycles. The Labute approximate surface area is 130 Å². The predicted octanol–water partition coefficient (Wildman–Crippen LogP) is 4.42. The molecule has 0 aliphatic heterocycles. The lowest BCUT2D eigenvalue weighted by Crippen LogP contribution is -1.92. The van der Waals surface area contributed by atoms with Crippen molar-refractivity contribution in [2.75, 3.05) is 14.2 Å². The third kappa shape index (κ3) is 3.49. The highest BCUT2D eigenvalue weighted by molar-refractivity contribution is 9.10. The van der Waals surface area contributed by atoms with Gasteiger partial charge in [-0.2, -0.15) is 0 Å². The fraction of sp³-hybridized carbons (Fsp3) is 0.133. The molecule has 0 saturated heterocycles. The Morgan fingerprint density at radius 1 is 1.25 bits per heavy atom. The number of allylic oxidation sites excluding steroid dienone is 1. The summed E-state index contributed by atoms with van der Waals surface area (Å²) in [5.74, 6) is 1.35. The molecule has 0 N–H and O–H groups in total. The van der Waals surface area contributed by atoms with E-state index in [2.05, 4.69) is 15.9 Å². The highest BCUT2D eigenvalue weighted by Gasteiger charge is 2.06. The SMILES string of the molecule is COc1ccc(/C=C/C(=O)c2cc(Br)cs2)c(OC)c1. The second-order valence-electron chi connectivity index (χ2n) is 3.93. The number of ether oxygens (including phenoxy) is 2. The summed E-state index contributed by atoms with van der Waals surface area (Å²) >= 11 is 4.75. The van der Waals surface area contributed by atoms with Crippen LogP contribution in [0.25, 0.3) is 6.08 Å². The van der Waals surface area contributed by atoms with Crippen LogP contribution in [0.3, 0.4) is 0 Å². The molecule has 0 aliphatic rings. The van der Waals surface area contributed by atoms with Crippen LogP contribution in [0.2, 0.25) is 0 Å². The molecule has 104 valence electrons. The number of carbonyl (C=O) groups excluding carboxylic acids is 1. The molecule has 0 unspecified atom stereocenters. The van der Waals surface area contributed by atoms with Crippen molar-refractivity contribution in [2.45, 2.75) is 0 Å². The van der Waals surface area contributed by atoms with Crippen molar-refractivity contribution in [2.24, 2.45) is 0 Å². The minimum absolute atomic E-state index is 0.0291. The third-order valence-electron chi connectivity index (χ3n) is 2.67. The fourth-order valence-corrected chi connectivity index (χ4v) is 2.99. The first kappa shape index (κ1) is 14.8. The lowest BCUT2D eigenvalue weighted by Gasteiger charge is -2.07. The Hall–Kier alpha value is -1.59. The molecular formula is C15H13BrO3S. The average molecular weight is 353 g/mol. The van der Waals surface area contributed by atoms with Crippen LogP contribution in [0.15, 0.2) is 40.2 Å². The van der Waals surface area contributed by atoms with E-state index in [0.29, 0.717) is 16.4 Å². The Balaban J connectivity index is 2.20. The minimum atomic E-state index is -0.0291. The van der Waals surface area contributed by atoms with E-state index < -0.39 is 0 Å². The number of methoxy groups -OCH3 is 2. The number of halogens is 1. The van der Waals surface area contributed by atoms with E-state index in [1.165, 1.54) is 11.3 Å². The van der Waals surface area contributed by atoms with Gasteiger partial charge in [-0.25, -0.2) is 0 Å². The first-order chi connectivity index (χ1) is 9.63. The molecule has 5 heteroatoms. The summed E-state index contributed by atoms with van der Waals surface area (Å²) < 4.78 is 11.3. The predicted molar refractivity (Wildman–Crippen MR) is 84.9 cm³/mol. The summed E-state index contributed by atoms with van der Waals surface area (Å²) in [5, 5.41) is 1.88. The number of ketones is 1. The minimum Gasteiger partial charge on any atom is -0.497 e. The zero-order chi connectivity index (χ0) is 14.5. The molecule has 1 aromatic heterocycles. The first-order valence-electron chi connectivity index (χ1n) is 5.82. The van der Waals surface area contributed by atoms with Gasteiger partial charge in [0, 0.05) is 21.5 Å². The summed E-state index contributed by atoms with van der Waals surface area (Å²) in [7, 11) is 3.19. The molecule has 0 atom stereocenters. The van der Waals surface area contributed by atoms with Gasteiger partial charge >= 0.3 is 0 Å². The van der Waals surface area contributed by atoms with Crippen LogP contribution in [-0.2, 0) is 0 Å². The highest BCUT2D eigenvalue weighted by atomic mass is 79.9. The van der Waals surface area contributed by atoms with Crippen LogP contribution in [0.1, 0.15) is 15.2 Å². The molecule has 0 fully saturated rings. The van der Waals surface area contributed by atoms with Crippen LogP contribution in [-0.4, -0.2) is 20.0 Å². The van der Waals surface area contributed by atoms with E-state index in [1.807, 2.05) is 23.6 Å². The molecule has 3 nitrogen and oxygen atoms in total. The quantitative estimate of drug-likeness (QED) is 0.590. The summed E-state index contributed by atoms with van der Waals surface area (Å²) in [4.78, 5) is 12.7. The van der Waals surface area contributed by atoms with E-state index in [4.69, 9.17) is 9.47 Å². The van der Waals surface area contributed by atoms with Gasteiger partial charge in [0.25, 0.3) is 0 Å². The first-order valence-corrected chi connectivity index (χ1v) is 7.50. The molecule has 1 aromatic carbocycles. The number of hydrogen-bond donors (Lipinski definition) is 0. The van der Waals surface area contributed by atoms with Gasteiger partial charge in [-0.3, -0.25) is 4.79 Å². The number of rotatable bonds is 5. The molecule has 0 radical (unpaired) electrons. The summed E-state index contributed by atoms with van der Waals surface area (Å²) in [6.45, 7) is 0. The van der Waals surface area contributed by atoms with Crippen molar-refractivity contribution < 1.29 is 14.3 Å². The van der Waals surface area contributed by atoms with E-state index in [9.17, 15) is 4.79 Å². The Morgan fingerprint density at radius 2 is 2.05 bits per heavy atom. The molecule has 0 amide bonds. The average Bonchev–Trinajstić information content (AvgIpc) is 2.91. The van der Waals surface area contributed by atoms with Crippen molar-refractivity contribution in [3.05, 3.63) is 50.6 Å². The van der Waals surface area contributed by atoms with Gasteiger partial charge in [-0.05, 0) is 46.3 Å². The standard InChI is InChI=1S/C15H13BrO3S/c1-18-12-5-3-10(14(8-12)19-2)4-6-13(17)15-7-11(16)9-20-15/h3-9H,1-2H3/b6-4+. The lowest BCUT2D eigenvalue weighted by atomic mass is 10.1. The molecule has 2 aromatic rings. The molecule has 0 spiro atoms. The van der Waals surface area contributed by atoms with Crippen LogP contribution < -0.4 is 9.47 Å². The number of hydrogen-bond acceptors (Lipinski definition) is 4. The van der Waals surface area contributed by atoms with Gasteiger partial charge in [0.1, 0.15) is 11.5 Å². The van der Waals surface area contributed by atoms with Crippen LogP contribution in [0.5, 0.6) is 11.5 Å². The Morgan fingerprint density at radius 3 is 2.65 bits per heavy atom. The maximum Gasteiger partial charge on any atom is 0.195 e. The second-order valence-corrected chi connectivity index (χ2v) is 5.76. The Kier molecular flexibility index (Phi) is 4.98. The van der Waals surface area contributed by atoms with Crippen molar-refractivity contribution >= 4 is 39.1 Å². The molecule has 2 rings (SSSR count). The topological polar surface area (TPSA) is 35.5 Å². The van der Waals surface area contributed by atoms with Gasteiger partial charge < -0.3 is 9.47 Å². The van der Waals surface area contributed by atoms with Crippen molar-refractivity contribution in [3.63, 3.8) is 0 Å². The van der Waals surface area contributed by atoms with Gasteiger partial charge in [0.2, 0.25) is 0 Å². The summed E-state index contributed by atoms with van der Waals surface area (Å²) in [6.07, 6.45) is 3.29. The van der Waals surface area contributed by atoms with Gasteiger partial charge in [-0.15, -0.1) is 11.3 Å². The van der Waals surface area contributed by atoms with E-state index in [1.54, 1.807) is 32.4 Å². The van der Waals surface area contributed by atoms with Crippen molar-refractivity contribution in [1.29, 1.82) is 0 Å². The van der Waals surface area contributed by atoms with Crippen LogP contribution in [0, 0.1) is 0 Å². The lowest BCUT2D eigenvalue weighted by molar-refractivity contribution is 0.105. The van der Waals surface area contributed by atoms with Crippen molar-refractivity contribution in [3.8, 4) is 11.5 Å². The summed E-state index contributed by atoms with van der Waals surface area (Å²) in [5.41, 5.74) is 0.831. The van der Waals surface area contributed by atoms with Crippen LogP contribution >= 0.6 is 27.3 Å². The maximum absolute atomic E-state index is 12.0. The normalized spacial score (nSPS) is 10.8. The number of benzene rings is 1. The van der Waals surface area contributed by atoms with E-state index in [0.717, 1.165) is 10.0 Å². The maximum atomic E-state index is 12.0. The molecular weight excluding hydrogens is 340 g/mol. The van der Waals surface area contributed by atoms with E-state index in [-0.39, 0.29) is 5.78 Å². The van der Waals surface area contributed by atoms with Crippen molar-refractivity contribution in [1.82, 2.24) is 0 Å². The second kappa shape index (κ2) is 6.72. The molecule has 0 aliphatic carbocycles. The third-order valence-corrected chi connectivity index (χ3v) is 4.37. The van der Waals surface area contributed by atoms with Crippen LogP contribution in [0.4, 0.5) is 0 Å². The highest BCUT2D eigenvalue weighted by Crippen LogP contribution is 2.26. The largest absolute Gasteiger partial charge is 0.497 e. The molecule has 20 heavy (non-hydrogen) atoms. The van der Waals surface area contributed by atoms with Gasteiger partial charge in [-0.1, -0.05) is 0 Å². The fourth-order valence-electron chi connectivity index (χ4n) is 1.65. The smallest absolute Gasteiger partial charge is 0.195 e. The number of carbonyl (C=O) groups is 1. The van der Waals surface area contributed by atoms with Gasteiger partial charge in [0.15, 0.2) is 5.78 Å². The Bertz CT molecular complexity index is 646. The van der Waals surface area contributed by atoms with Gasteiger partial charge in [0.05, 0.1) is 19.1 Å². The molecule has 0 bridgehead atoms. The number of thiophene rings is 1. The molecule has 0 saturated carbocycles. The monoisotopic (exact) mass is 352 g/mol. The zero-order valence-corrected chi connectivity index (χ0v) is 13.5. The summed E-state index contributed by atoms with van der Waals surface area (Å²) in [6, 6.07) is 7.27. The zero-order valence-electron chi connectivity index (χ0n) is 11.1.